The third-order valence-electron chi connectivity index (χ3n) is 4.66. The van der Waals surface area contributed by atoms with Crippen molar-refractivity contribution in [1.29, 1.82) is 0 Å². The zero-order valence-electron chi connectivity index (χ0n) is 13.6. The molecular weight excluding hydrogens is 331 g/mol. The van der Waals surface area contributed by atoms with Crippen molar-refractivity contribution in [3.8, 4) is 11.5 Å². The predicted molar refractivity (Wildman–Crippen MR) is 101 cm³/mol. The second-order valence-electron chi connectivity index (χ2n) is 6.27. The van der Waals surface area contributed by atoms with Gasteiger partial charge in [0.25, 0.3) is 0 Å². The average Bonchev–Trinajstić information content (AvgIpc) is 2.64. The van der Waals surface area contributed by atoms with Crippen molar-refractivity contribution in [2.45, 2.75) is 38.0 Å². The number of hydrogen-bond donors (Lipinski definition) is 1. The van der Waals surface area contributed by atoms with Crippen molar-refractivity contribution in [3.63, 3.8) is 0 Å². The number of hydrogen-bond acceptors (Lipinski definition) is 4. The lowest BCUT2D eigenvalue weighted by Crippen LogP contribution is -2.25. The number of para-hydroxylation sites is 1. The average molecular weight is 356 g/mol. The molecule has 0 bridgehead atoms. The van der Waals surface area contributed by atoms with E-state index in [1.54, 1.807) is 0 Å². The van der Waals surface area contributed by atoms with Crippen LogP contribution in [-0.4, -0.2) is 28.6 Å². The molecule has 1 N–H and O–H groups in total. The molecule has 0 aromatic heterocycles. The highest BCUT2D eigenvalue weighted by Crippen LogP contribution is 2.38. The summed E-state index contributed by atoms with van der Waals surface area (Å²) in [4.78, 5) is 16.3. The molecule has 25 heavy (non-hydrogen) atoms. The number of carbonyl (C=O) groups is 1. The fourth-order valence-electron chi connectivity index (χ4n) is 3.52. The molecule has 5 heteroatoms. The van der Waals surface area contributed by atoms with Crippen LogP contribution in [0.5, 0.6) is 11.5 Å². The van der Waals surface area contributed by atoms with E-state index < -0.39 is 11.9 Å². The zero-order valence-corrected chi connectivity index (χ0v) is 13.6. The fraction of sp³-hybridized carbons (Fsp3) is 0.350. The molecule has 1 saturated carbocycles. The molecule has 1 atom stereocenters. The molecule has 0 radical (unpaired) electrons. The molecule has 2 aromatic carbocycles. The highest BCUT2D eigenvalue weighted by Gasteiger charge is 2.32. The zero-order chi connectivity index (χ0) is 16.8. The summed E-state index contributed by atoms with van der Waals surface area (Å²) in [5, 5.41) is 8.92. The molecule has 2 aromatic rings. The van der Waals surface area contributed by atoms with Gasteiger partial charge in [0.1, 0.15) is 11.5 Å². The Bertz CT molecular complexity index is 668. The Morgan fingerprint density at radius 3 is 2.32 bits per heavy atom. The molecule has 0 spiro atoms. The molecule has 1 fully saturated rings. The normalized spacial score (nSPS) is 15.7. The lowest BCUT2D eigenvalue weighted by Gasteiger charge is -2.28. The van der Waals surface area contributed by atoms with Crippen LogP contribution in [0, 0.1) is 5.92 Å². The van der Waals surface area contributed by atoms with E-state index >= 15 is 0 Å². The second kappa shape index (κ2) is 9.62. The van der Waals surface area contributed by atoms with Crippen LogP contribution in [-0.2, 0) is 9.68 Å². The fourth-order valence-corrected chi connectivity index (χ4v) is 3.52. The molecule has 0 heterocycles. The summed E-state index contributed by atoms with van der Waals surface area (Å²) in [6.45, 7) is 0. The summed E-state index contributed by atoms with van der Waals surface area (Å²) in [6, 6.07) is 17.0. The number of rotatable bonds is 5. The van der Waals surface area contributed by atoms with Crippen molar-refractivity contribution in [2.24, 2.45) is 5.92 Å². The maximum absolute atomic E-state index is 12.2. The highest BCUT2D eigenvalue weighted by atomic mass is 27.0. The van der Waals surface area contributed by atoms with Gasteiger partial charge in [0.2, 0.25) is 0 Å². The van der Waals surface area contributed by atoms with Gasteiger partial charge in [-0.1, -0.05) is 49.6 Å². The van der Waals surface area contributed by atoms with Crippen LogP contribution in [0.1, 0.15) is 43.6 Å². The van der Waals surface area contributed by atoms with E-state index in [2.05, 4.69) is 4.89 Å². The number of benzene rings is 2. The van der Waals surface area contributed by atoms with Crippen LogP contribution in [0.4, 0.5) is 0 Å². The van der Waals surface area contributed by atoms with Gasteiger partial charge in [0.05, 0.1) is 5.92 Å². The summed E-state index contributed by atoms with van der Waals surface area (Å²) in [5.74, 6) is 0.581. The van der Waals surface area contributed by atoms with Crippen molar-refractivity contribution in [2.75, 3.05) is 0 Å². The second-order valence-corrected chi connectivity index (χ2v) is 6.27. The van der Waals surface area contributed by atoms with Gasteiger partial charge in [-0.05, 0) is 48.6 Å². The Labute approximate surface area is 158 Å². The summed E-state index contributed by atoms with van der Waals surface area (Å²) < 4.78 is 5.86. The van der Waals surface area contributed by atoms with E-state index in [9.17, 15) is 4.79 Å². The molecule has 3 rings (SSSR count). The largest absolute Gasteiger partial charge is 0.457 e. The van der Waals surface area contributed by atoms with Crippen LogP contribution < -0.4 is 4.74 Å². The molecule has 4 nitrogen and oxygen atoms in total. The van der Waals surface area contributed by atoms with Gasteiger partial charge >= 0.3 is 5.97 Å². The van der Waals surface area contributed by atoms with Crippen LogP contribution in [0.25, 0.3) is 0 Å². The topological polar surface area (TPSA) is 55.8 Å². The Hall–Kier alpha value is -1.80. The van der Waals surface area contributed by atoms with E-state index in [4.69, 9.17) is 9.99 Å². The van der Waals surface area contributed by atoms with Crippen LogP contribution >= 0.6 is 0 Å². The smallest absolute Gasteiger partial charge is 0.349 e. The third kappa shape index (κ3) is 5.09. The molecule has 132 valence electrons. The summed E-state index contributed by atoms with van der Waals surface area (Å²) >= 11 is 0. The van der Waals surface area contributed by atoms with Crippen LogP contribution in [0.2, 0.25) is 0 Å². The molecule has 0 amide bonds. The first kappa shape index (κ1) is 19.5. The van der Waals surface area contributed by atoms with Crippen LogP contribution in [0.15, 0.2) is 54.6 Å². The minimum absolute atomic E-state index is 0. The van der Waals surface area contributed by atoms with E-state index in [-0.39, 0.29) is 23.3 Å². The van der Waals surface area contributed by atoms with E-state index in [1.165, 1.54) is 6.42 Å². The Balaban J connectivity index is 0.00000225. The molecule has 0 saturated heterocycles. The van der Waals surface area contributed by atoms with E-state index in [0.717, 1.165) is 37.0 Å². The van der Waals surface area contributed by atoms with Crippen molar-refractivity contribution in [3.05, 3.63) is 60.2 Å². The molecule has 1 aliphatic rings. The van der Waals surface area contributed by atoms with Gasteiger partial charge in [0.15, 0.2) is 17.4 Å². The first-order chi connectivity index (χ1) is 11.8. The monoisotopic (exact) mass is 356 g/mol. The van der Waals surface area contributed by atoms with Gasteiger partial charge in [-0.3, -0.25) is 0 Å². The van der Waals surface area contributed by atoms with Gasteiger partial charge in [-0.25, -0.2) is 4.79 Å². The Morgan fingerprint density at radius 2 is 1.64 bits per heavy atom. The molecular formula is C20H25AlO4. The van der Waals surface area contributed by atoms with Gasteiger partial charge in [-0.2, -0.15) is 5.26 Å². The third-order valence-corrected chi connectivity index (χ3v) is 4.66. The first-order valence-corrected chi connectivity index (χ1v) is 8.46. The Kier molecular flexibility index (Phi) is 7.52. The lowest BCUT2D eigenvalue weighted by atomic mass is 9.77. The Morgan fingerprint density at radius 1 is 0.960 bits per heavy atom. The van der Waals surface area contributed by atoms with Gasteiger partial charge < -0.3 is 9.62 Å². The molecule has 0 aliphatic heterocycles. The maximum atomic E-state index is 12.2. The SMILES string of the molecule is O=C(OO)C(c1cccc(Oc2ccccc2)c1)C1CCCCC1.[AlH3]. The van der Waals surface area contributed by atoms with Crippen molar-refractivity contribution in [1.82, 2.24) is 0 Å². The van der Waals surface area contributed by atoms with E-state index in [0.29, 0.717) is 5.75 Å². The number of ether oxygens (including phenoxy) is 1. The van der Waals surface area contributed by atoms with Crippen molar-refractivity contribution >= 4 is 23.3 Å². The molecule has 1 unspecified atom stereocenters. The van der Waals surface area contributed by atoms with E-state index in [1.807, 2.05) is 54.6 Å². The number of carbonyl (C=O) groups excluding carboxylic acids is 1. The van der Waals surface area contributed by atoms with Gasteiger partial charge in [0, 0.05) is 0 Å². The van der Waals surface area contributed by atoms with Gasteiger partial charge in [-0.15, -0.1) is 0 Å². The van der Waals surface area contributed by atoms with Crippen molar-refractivity contribution < 1.29 is 19.7 Å². The minimum atomic E-state index is -0.584. The maximum Gasteiger partial charge on any atom is 0.349 e. The summed E-state index contributed by atoms with van der Waals surface area (Å²) in [7, 11) is 0. The minimum Gasteiger partial charge on any atom is -0.457 e. The first-order valence-electron chi connectivity index (χ1n) is 8.46. The highest BCUT2D eigenvalue weighted by molar-refractivity contribution is 5.78. The standard InChI is InChI=1S/C20H22O4.Al.3H/c21-20(24-22)19(15-8-3-1-4-9-15)16-10-7-13-18(14-16)23-17-11-5-2-6-12-17;;;;/h2,5-7,10-15,19,22H,1,3-4,8-9H2;;;;. The molecule has 1 aliphatic carbocycles. The summed E-state index contributed by atoms with van der Waals surface area (Å²) in [5.41, 5.74) is 0.828. The quantitative estimate of drug-likeness (QED) is 0.500. The predicted octanol–water partition coefficient (Wildman–Crippen LogP) is 3.98. The lowest BCUT2D eigenvalue weighted by molar-refractivity contribution is -0.237. The van der Waals surface area contributed by atoms with Crippen LogP contribution in [0.3, 0.4) is 0 Å². The summed E-state index contributed by atoms with van der Waals surface area (Å²) in [6.07, 6.45) is 5.38.